The van der Waals surface area contributed by atoms with Gasteiger partial charge in [0.05, 0.1) is 11.5 Å². The summed E-state index contributed by atoms with van der Waals surface area (Å²) in [5.41, 5.74) is 1.72. The van der Waals surface area contributed by atoms with E-state index < -0.39 is 11.8 Å². The number of hydrogen-bond donors (Lipinski definition) is 2. The first kappa shape index (κ1) is 18.9. The minimum absolute atomic E-state index is 0.0856. The van der Waals surface area contributed by atoms with Crippen LogP contribution in [0.3, 0.4) is 0 Å². The highest BCUT2D eigenvalue weighted by molar-refractivity contribution is 7.99. The maximum absolute atomic E-state index is 13.5. The summed E-state index contributed by atoms with van der Waals surface area (Å²) in [5.74, 6) is -0.725. The number of ketones is 1. The molecule has 2 aliphatic rings. The first-order valence-corrected chi connectivity index (χ1v) is 10.4. The standard InChI is InChI=1S/C21H22FN3O2S/c1-3-11(2)28-21-24-19-18(20(27)25-21)16(12-7-9-13(22)10-8-12)17-14(23-19)5-4-6-15(17)26/h5,7-11,16-17H,3-4,6H2,1-2H3,(H2,23,24,25,27)/t11-,16+,17+/m0/s1. The monoisotopic (exact) mass is 399 g/mol. The summed E-state index contributed by atoms with van der Waals surface area (Å²) in [4.78, 5) is 33.3. The van der Waals surface area contributed by atoms with Crippen LogP contribution in [0, 0.1) is 11.7 Å². The van der Waals surface area contributed by atoms with Crippen LogP contribution < -0.4 is 10.9 Å². The number of carbonyl (C=O) groups is 1. The largest absolute Gasteiger partial charge is 0.343 e. The summed E-state index contributed by atoms with van der Waals surface area (Å²) in [7, 11) is 0. The molecule has 2 aromatic rings. The van der Waals surface area contributed by atoms with Gasteiger partial charge < -0.3 is 10.3 Å². The lowest BCUT2D eigenvalue weighted by Crippen LogP contribution is -2.38. The Morgan fingerprint density at radius 3 is 2.71 bits per heavy atom. The Labute approximate surface area is 166 Å². The van der Waals surface area contributed by atoms with E-state index in [1.54, 1.807) is 12.1 Å². The number of fused-ring (bicyclic) bond motifs is 2. The second kappa shape index (κ2) is 7.54. The molecule has 0 saturated heterocycles. The zero-order valence-corrected chi connectivity index (χ0v) is 16.6. The number of aromatic amines is 1. The highest BCUT2D eigenvalue weighted by atomic mass is 32.2. The molecule has 4 rings (SSSR count). The van der Waals surface area contributed by atoms with Gasteiger partial charge in [-0.3, -0.25) is 9.59 Å². The number of H-pyrrole nitrogens is 1. The van der Waals surface area contributed by atoms with Crippen LogP contribution in [0.15, 0.2) is 46.0 Å². The van der Waals surface area contributed by atoms with Gasteiger partial charge >= 0.3 is 0 Å². The molecule has 2 N–H and O–H groups in total. The van der Waals surface area contributed by atoms with Crippen LogP contribution in [-0.2, 0) is 4.79 Å². The van der Waals surface area contributed by atoms with Gasteiger partial charge in [-0.1, -0.05) is 43.8 Å². The molecule has 0 bridgehead atoms. The molecule has 0 saturated carbocycles. The molecule has 0 unspecified atom stereocenters. The van der Waals surface area contributed by atoms with Crippen molar-refractivity contribution in [3.63, 3.8) is 0 Å². The predicted octanol–water partition coefficient (Wildman–Crippen LogP) is 4.22. The number of hydrogen-bond acceptors (Lipinski definition) is 5. The van der Waals surface area contributed by atoms with Crippen molar-refractivity contribution in [1.29, 1.82) is 0 Å². The van der Waals surface area contributed by atoms with Crippen LogP contribution in [0.4, 0.5) is 10.2 Å². The molecule has 0 radical (unpaired) electrons. The average Bonchev–Trinajstić information content (AvgIpc) is 2.67. The van der Waals surface area contributed by atoms with Crippen molar-refractivity contribution in [2.24, 2.45) is 5.92 Å². The maximum atomic E-state index is 13.5. The van der Waals surface area contributed by atoms with E-state index in [0.717, 1.165) is 17.7 Å². The Kier molecular flexibility index (Phi) is 5.10. The van der Waals surface area contributed by atoms with E-state index in [9.17, 15) is 14.0 Å². The van der Waals surface area contributed by atoms with Crippen LogP contribution >= 0.6 is 11.8 Å². The zero-order valence-electron chi connectivity index (χ0n) is 15.8. The Hall–Kier alpha value is -2.41. The minimum atomic E-state index is -0.477. The fourth-order valence-corrected chi connectivity index (χ4v) is 4.67. The molecule has 0 fully saturated rings. The van der Waals surface area contributed by atoms with Gasteiger partial charge in [0.25, 0.3) is 5.56 Å². The summed E-state index contributed by atoms with van der Waals surface area (Å²) >= 11 is 1.52. The number of anilines is 1. The van der Waals surface area contributed by atoms with Crippen LogP contribution in [0.1, 0.15) is 50.2 Å². The fraction of sp³-hybridized carbons (Fsp3) is 0.381. The molecule has 1 aliphatic heterocycles. The summed E-state index contributed by atoms with van der Waals surface area (Å²) in [6.45, 7) is 4.16. The summed E-state index contributed by atoms with van der Waals surface area (Å²) < 4.78 is 13.5. The first-order valence-electron chi connectivity index (χ1n) is 9.54. The van der Waals surface area contributed by atoms with E-state index in [0.29, 0.717) is 34.6 Å². The number of Topliss-reactive ketones (excluding diaryl/α,β-unsaturated/α-hetero) is 1. The highest BCUT2D eigenvalue weighted by Crippen LogP contribution is 2.44. The molecule has 3 atom stereocenters. The normalized spacial score (nSPS) is 22.0. The smallest absolute Gasteiger partial charge is 0.257 e. The molecule has 1 aromatic carbocycles. The maximum Gasteiger partial charge on any atom is 0.257 e. The average molecular weight is 399 g/mol. The molecule has 0 amide bonds. The van der Waals surface area contributed by atoms with E-state index in [2.05, 4.69) is 29.1 Å². The van der Waals surface area contributed by atoms with Crippen molar-refractivity contribution in [1.82, 2.24) is 9.97 Å². The molecule has 0 spiro atoms. The second-order valence-corrected chi connectivity index (χ2v) is 8.69. The Morgan fingerprint density at radius 2 is 2.00 bits per heavy atom. The van der Waals surface area contributed by atoms with E-state index in [1.165, 1.54) is 23.9 Å². The second-order valence-electron chi connectivity index (χ2n) is 7.27. The van der Waals surface area contributed by atoms with E-state index >= 15 is 0 Å². The van der Waals surface area contributed by atoms with Crippen molar-refractivity contribution in [3.8, 4) is 0 Å². The van der Waals surface area contributed by atoms with Crippen molar-refractivity contribution in [3.05, 3.63) is 63.3 Å². The molecule has 7 heteroatoms. The lowest BCUT2D eigenvalue weighted by molar-refractivity contribution is -0.122. The lowest BCUT2D eigenvalue weighted by atomic mass is 9.72. The molecule has 146 valence electrons. The number of allylic oxidation sites excluding steroid dienone is 2. The van der Waals surface area contributed by atoms with Crippen molar-refractivity contribution < 1.29 is 9.18 Å². The molecule has 2 heterocycles. The van der Waals surface area contributed by atoms with Gasteiger partial charge in [0.2, 0.25) is 0 Å². The summed E-state index contributed by atoms with van der Waals surface area (Å²) in [5, 5.41) is 4.11. The van der Waals surface area contributed by atoms with Gasteiger partial charge in [0.1, 0.15) is 17.4 Å². The SMILES string of the molecule is CC[C@H](C)Sc1nc2c(c(=O)[nH]1)[C@H](c1ccc(F)cc1)[C@H]1C(=O)CCC=C1N2. The quantitative estimate of drug-likeness (QED) is 0.595. The van der Waals surface area contributed by atoms with Crippen molar-refractivity contribution >= 4 is 23.4 Å². The van der Waals surface area contributed by atoms with Gasteiger partial charge in [0.15, 0.2) is 5.16 Å². The van der Waals surface area contributed by atoms with Gasteiger partial charge in [-0.2, -0.15) is 0 Å². The Morgan fingerprint density at radius 1 is 1.25 bits per heavy atom. The Bertz CT molecular complexity index is 1000. The third-order valence-corrected chi connectivity index (χ3v) is 6.55. The zero-order chi connectivity index (χ0) is 19.8. The summed E-state index contributed by atoms with van der Waals surface area (Å²) in [6.07, 6.45) is 4.08. The number of carbonyl (C=O) groups excluding carboxylic acids is 1. The lowest BCUT2D eigenvalue weighted by Gasteiger charge is -2.36. The van der Waals surface area contributed by atoms with Crippen molar-refractivity contribution in [2.45, 2.75) is 49.4 Å². The number of benzene rings is 1. The van der Waals surface area contributed by atoms with Crippen molar-refractivity contribution in [2.75, 3.05) is 5.32 Å². The molecule has 1 aromatic heterocycles. The van der Waals surface area contributed by atoms with Gasteiger partial charge in [0, 0.05) is 23.3 Å². The topological polar surface area (TPSA) is 74.8 Å². The molecule has 5 nitrogen and oxygen atoms in total. The third kappa shape index (κ3) is 3.39. The molecular formula is C21H22FN3O2S. The van der Waals surface area contributed by atoms with E-state index in [1.807, 2.05) is 6.08 Å². The third-order valence-electron chi connectivity index (χ3n) is 5.39. The highest BCUT2D eigenvalue weighted by Gasteiger charge is 2.42. The number of thioether (sulfide) groups is 1. The predicted molar refractivity (Wildman–Crippen MR) is 108 cm³/mol. The first-order chi connectivity index (χ1) is 13.5. The Balaban J connectivity index is 1.87. The van der Waals surface area contributed by atoms with Crippen LogP contribution in [-0.4, -0.2) is 21.0 Å². The molecule has 28 heavy (non-hydrogen) atoms. The summed E-state index contributed by atoms with van der Waals surface area (Å²) in [6, 6.07) is 6.02. The van der Waals surface area contributed by atoms with Crippen LogP contribution in [0.5, 0.6) is 0 Å². The van der Waals surface area contributed by atoms with E-state index in [-0.39, 0.29) is 17.2 Å². The van der Waals surface area contributed by atoms with Crippen LogP contribution in [0.25, 0.3) is 0 Å². The number of aromatic nitrogens is 2. The van der Waals surface area contributed by atoms with Crippen LogP contribution in [0.2, 0.25) is 0 Å². The minimum Gasteiger partial charge on any atom is -0.343 e. The number of nitrogens with zero attached hydrogens (tertiary/aromatic N) is 1. The van der Waals surface area contributed by atoms with E-state index in [4.69, 9.17) is 0 Å². The van der Waals surface area contributed by atoms with Gasteiger partial charge in [-0.15, -0.1) is 0 Å². The number of halogens is 1. The molecule has 1 aliphatic carbocycles. The fourth-order valence-electron chi connectivity index (χ4n) is 3.83. The van der Waals surface area contributed by atoms with Gasteiger partial charge in [-0.05, 0) is 30.5 Å². The number of rotatable bonds is 4. The van der Waals surface area contributed by atoms with Gasteiger partial charge in [-0.25, -0.2) is 9.37 Å². The number of nitrogens with one attached hydrogen (secondary N) is 2. The molecular weight excluding hydrogens is 377 g/mol.